The minimum absolute atomic E-state index is 0. The fraction of sp³-hybridized carbons (Fsp3) is 0.632. The number of benzene rings is 1. The molecule has 0 bridgehead atoms. The molecule has 2 aliphatic rings. The van der Waals surface area contributed by atoms with E-state index in [9.17, 15) is 4.79 Å². The van der Waals surface area contributed by atoms with Crippen LogP contribution in [-0.4, -0.2) is 50.2 Å². The van der Waals surface area contributed by atoms with Gasteiger partial charge in [-0.1, -0.05) is 18.2 Å². The summed E-state index contributed by atoms with van der Waals surface area (Å²) in [5, 5.41) is 3.32. The number of para-hydroxylation sites is 1. The number of piperidine rings is 2. The number of nitrogens with zero attached hydrogens (tertiary/aromatic N) is 1. The van der Waals surface area contributed by atoms with Gasteiger partial charge in [0.05, 0.1) is 19.8 Å². The molecule has 0 aliphatic carbocycles. The summed E-state index contributed by atoms with van der Waals surface area (Å²) in [6.45, 7) is 4.14. The van der Waals surface area contributed by atoms with Crippen LogP contribution in [0.4, 0.5) is 0 Å². The van der Waals surface area contributed by atoms with Gasteiger partial charge in [-0.3, -0.25) is 4.79 Å². The molecule has 0 unspecified atom stereocenters. The average Bonchev–Trinajstić information content (AvgIpc) is 2.67. The van der Waals surface area contributed by atoms with Crippen LogP contribution in [0.15, 0.2) is 24.3 Å². The van der Waals surface area contributed by atoms with Crippen molar-refractivity contribution in [2.24, 2.45) is 5.92 Å². The monoisotopic (exact) mass is 368 g/mol. The van der Waals surface area contributed by atoms with E-state index in [-0.39, 0.29) is 24.4 Å². The highest BCUT2D eigenvalue weighted by atomic mass is 35.5. The van der Waals surface area contributed by atoms with E-state index >= 15 is 0 Å². The van der Waals surface area contributed by atoms with Crippen LogP contribution in [-0.2, 0) is 16.1 Å². The fourth-order valence-electron chi connectivity index (χ4n) is 3.60. The summed E-state index contributed by atoms with van der Waals surface area (Å²) in [4.78, 5) is 14.6. The normalized spacial score (nSPS) is 19.3. The lowest BCUT2D eigenvalue weighted by molar-refractivity contribution is -0.139. The Morgan fingerprint density at radius 2 is 1.84 bits per heavy atom. The van der Waals surface area contributed by atoms with E-state index in [0.29, 0.717) is 12.5 Å². The maximum Gasteiger partial charge on any atom is 0.225 e. The Kier molecular flexibility index (Phi) is 8.00. The summed E-state index contributed by atoms with van der Waals surface area (Å²) >= 11 is 0. The molecule has 0 saturated carbocycles. The molecule has 6 heteroatoms. The lowest BCUT2D eigenvalue weighted by Crippen LogP contribution is -2.45. The summed E-state index contributed by atoms with van der Waals surface area (Å²) < 4.78 is 11.4. The van der Waals surface area contributed by atoms with Gasteiger partial charge in [0, 0.05) is 24.6 Å². The third kappa shape index (κ3) is 5.33. The van der Waals surface area contributed by atoms with Gasteiger partial charge in [-0.05, 0) is 44.8 Å². The zero-order chi connectivity index (χ0) is 16.8. The van der Waals surface area contributed by atoms with E-state index < -0.39 is 0 Å². The van der Waals surface area contributed by atoms with Gasteiger partial charge in [0.1, 0.15) is 5.75 Å². The molecule has 1 aromatic carbocycles. The highest BCUT2D eigenvalue weighted by Gasteiger charge is 2.29. The van der Waals surface area contributed by atoms with E-state index in [1.807, 2.05) is 29.2 Å². The average molecular weight is 369 g/mol. The van der Waals surface area contributed by atoms with E-state index in [0.717, 1.165) is 63.2 Å². The zero-order valence-corrected chi connectivity index (χ0v) is 15.7. The fourth-order valence-corrected chi connectivity index (χ4v) is 3.60. The Morgan fingerprint density at radius 3 is 2.52 bits per heavy atom. The van der Waals surface area contributed by atoms with Crippen molar-refractivity contribution in [3.8, 4) is 5.75 Å². The molecule has 140 valence electrons. The minimum Gasteiger partial charge on any atom is -0.496 e. The van der Waals surface area contributed by atoms with Crippen molar-refractivity contribution in [1.82, 2.24) is 10.2 Å². The van der Waals surface area contributed by atoms with Gasteiger partial charge in [0.25, 0.3) is 0 Å². The summed E-state index contributed by atoms with van der Waals surface area (Å²) in [6.07, 6.45) is 4.02. The molecule has 5 nitrogen and oxygen atoms in total. The van der Waals surface area contributed by atoms with Gasteiger partial charge in [-0.15, -0.1) is 12.4 Å². The smallest absolute Gasteiger partial charge is 0.225 e. The number of amides is 1. The first kappa shape index (κ1) is 20.0. The van der Waals surface area contributed by atoms with E-state index in [2.05, 4.69) is 5.32 Å². The number of likely N-dealkylation sites (tertiary alicyclic amines) is 1. The lowest BCUT2D eigenvalue weighted by Gasteiger charge is -2.35. The molecule has 0 atom stereocenters. The first-order chi connectivity index (χ1) is 11.8. The molecule has 2 fully saturated rings. The first-order valence-electron chi connectivity index (χ1n) is 9.01. The van der Waals surface area contributed by atoms with Crippen LogP contribution in [0.25, 0.3) is 0 Å². The van der Waals surface area contributed by atoms with E-state index in [4.69, 9.17) is 9.47 Å². The van der Waals surface area contributed by atoms with Crippen molar-refractivity contribution in [3.05, 3.63) is 29.8 Å². The van der Waals surface area contributed by atoms with Gasteiger partial charge in [0.15, 0.2) is 0 Å². The largest absolute Gasteiger partial charge is 0.496 e. The minimum atomic E-state index is 0. The van der Waals surface area contributed by atoms with Crippen LogP contribution in [0.1, 0.15) is 31.2 Å². The number of halogens is 1. The molecule has 25 heavy (non-hydrogen) atoms. The summed E-state index contributed by atoms with van der Waals surface area (Å²) in [5.41, 5.74) is 1.08. The molecule has 1 aromatic rings. The lowest BCUT2D eigenvalue weighted by atomic mass is 9.95. The van der Waals surface area contributed by atoms with Crippen molar-refractivity contribution in [3.63, 3.8) is 0 Å². The Morgan fingerprint density at radius 1 is 1.16 bits per heavy atom. The molecular formula is C19H29ClN2O3. The molecule has 2 aliphatic heterocycles. The number of methoxy groups -OCH3 is 1. The molecule has 2 heterocycles. The third-order valence-electron chi connectivity index (χ3n) is 5.11. The van der Waals surface area contributed by atoms with E-state index in [1.54, 1.807) is 7.11 Å². The van der Waals surface area contributed by atoms with Crippen molar-refractivity contribution in [2.75, 3.05) is 33.3 Å². The molecule has 0 spiro atoms. The van der Waals surface area contributed by atoms with Crippen molar-refractivity contribution in [2.45, 2.75) is 38.4 Å². The second-order valence-corrected chi connectivity index (χ2v) is 6.67. The number of nitrogens with one attached hydrogen (secondary N) is 1. The molecule has 1 amide bonds. The maximum atomic E-state index is 12.6. The van der Waals surface area contributed by atoms with Crippen LogP contribution in [0, 0.1) is 5.92 Å². The molecule has 0 aromatic heterocycles. The Balaban J connectivity index is 0.00000225. The first-order valence-corrected chi connectivity index (χ1v) is 9.01. The van der Waals surface area contributed by atoms with Crippen molar-refractivity contribution >= 4 is 18.3 Å². The van der Waals surface area contributed by atoms with Crippen molar-refractivity contribution < 1.29 is 14.3 Å². The summed E-state index contributed by atoms with van der Waals surface area (Å²) in [5.74, 6) is 1.44. The van der Waals surface area contributed by atoms with E-state index in [1.165, 1.54) is 0 Å². The highest BCUT2D eigenvalue weighted by molar-refractivity contribution is 5.85. The summed E-state index contributed by atoms with van der Waals surface area (Å²) in [6, 6.07) is 7.96. The molecular weight excluding hydrogens is 340 g/mol. The Hall–Kier alpha value is -1.30. The number of rotatable bonds is 5. The van der Waals surface area contributed by atoms with Gasteiger partial charge in [-0.25, -0.2) is 0 Å². The second-order valence-electron chi connectivity index (χ2n) is 6.67. The number of ether oxygens (including phenoxy) is 2. The standard InChI is InChI=1S/C19H28N2O3.ClH/c1-23-18-5-3-2-4-16(18)14-24-17-8-12-21(13-9-17)19(22)15-6-10-20-11-7-15;/h2-5,15,17,20H,6-14H2,1H3;1H. The molecule has 3 rings (SSSR count). The zero-order valence-electron chi connectivity index (χ0n) is 14.9. The molecule has 2 saturated heterocycles. The number of hydrogen-bond donors (Lipinski definition) is 1. The van der Waals surface area contributed by atoms with Gasteiger partial charge in [-0.2, -0.15) is 0 Å². The quantitative estimate of drug-likeness (QED) is 0.868. The van der Waals surface area contributed by atoms with Gasteiger partial charge >= 0.3 is 0 Å². The number of hydrogen-bond acceptors (Lipinski definition) is 4. The van der Waals surface area contributed by atoms with Gasteiger partial charge in [0.2, 0.25) is 5.91 Å². The summed E-state index contributed by atoms with van der Waals surface area (Å²) in [7, 11) is 1.68. The van der Waals surface area contributed by atoms with Crippen LogP contribution >= 0.6 is 12.4 Å². The topological polar surface area (TPSA) is 50.8 Å². The van der Waals surface area contributed by atoms with Crippen LogP contribution < -0.4 is 10.1 Å². The highest BCUT2D eigenvalue weighted by Crippen LogP contribution is 2.23. The maximum absolute atomic E-state index is 12.6. The number of carbonyl (C=O) groups excluding carboxylic acids is 1. The molecule has 1 N–H and O–H groups in total. The molecule has 0 radical (unpaired) electrons. The predicted octanol–water partition coefficient (Wildman–Crippen LogP) is 2.62. The predicted molar refractivity (Wildman–Crippen MR) is 100 cm³/mol. The Labute approximate surface area is 156 Å². The SMILES string of the molecule is COc1ccccc1COC1CCN(C(=O)C2CCNCC2)CC1.Cl. The van der Waals surface area contributed by atoms with Crippen LogP contribution in [0.2, 0.25) is 0 Å². The number of carbonyl (C=O) groups is 1. The second kappa shape index (κ2) is 10.00. The van der Waals surface area contributed by atoms with Crippen LogP contribution in [0.3, 0.4) is 0 Å². The Bertz CT molecular complexity index is 541. The van der Waals surface area contributed by atoms with Gasteiger partial charge < -0.3 is 19.7 Å². The van der Waals surface area contributed by atoms with Crippen molar-refractivity contribution in [1.29, 1.82) is 0 Å². The van der Waals surface area contributed by atoms with Crippen LogP contribution in [0.5, 0.6) is 5.75 Å². The third-order valence-corrected chi connectivity index (χ3v) is 5.11.